The molecule has 0 bridgehead atoms. The molecule has 4 rings (SSSR count). The summed E-state index contributed by atoms with van der Waals surface area (Å²) in [7, 11) is 1.70. The van der Waals surface area contributed by atoms with Gasteiger partial charge < -0.3 is 24.9 Å². The number of benzene rings is 2. The molecule has 0 saturated heterocycles. The lowest BCUT2D eigenvalue weighted by Gasteiger charge is -2.25. The molecule has 3 aromatic rings. The summed E-state index contributed by atoms with van der Waals surface area (Å²) in [6, 6.07) is 14.1. The number of carboxylic acid groups (broad SMARTS) is 1. The molecule has 3 N–H and O–H groups in total. The molecule has 0 aliphatic carbocycles. The van der Waals surface area contributed by atoms with E-state index in [1.165, 1.54) is 16.7 Å². The number of carbonyl (C=O) groups is 1. The number of aromatic amines is 1. The van der Waals surface area contributed by atoms with Crippen LogP contribution in [0.25, 0.3) is 16.5 Å². The summed E-state index contributed by atoms with van der Waals surface area (Å²) in [5, 5.41) is 13.5. The third kappa shape index (κ3) is 5.27. The highest BCUT2D eigenvalue weighted by molar-refractivity contribution is 5.85. The lowest BCUT2D eigenvalue weighted by atomic mass is 9.92. The molecule has 2 heterocycles. The van der Waals surface area contributed by atoms with Crippen LogP contribution in [-0.2, 0) is 6.42 Å². The Bertz CT molecular complexity index is 1090. The van der Waals surface area contributed by atoms with Crippen molar-refractivity contribution in [1.29, 1.82) is 0 Å². The summed E-state index contributed by atoms with van der Waals surface area (Å²) in [5.41, 5.74) is 4.81. The van der Waals surface area contributed by atoms with Crippen molar-refractivity contribution in [2.45, 2.75) is 38.1 Å². The van der Waals surface area contributed by atoms with E-state index in [1.807, 2.05) is 24.4 Å². The van der Waals surface area contributed by atoms with Gasteiger partial charge >= 0.3 is 6.16 Å². The summed E-state index contributed by atoms with van der Waals surface area (Å²) < 4.78 is 10.2. The maximum Gasteiger partial charge on any atom is 0.511 e. The Labute approximate surface area is 181 Å². The summed E-state index contributed by atoms with van der Waals surface area (Å²) in [5.74, 6) is 1.24. The topological polar surface area (TPSA) is 83.6 Å². The van der Waals surface area contributed by atoms with E-state index in [0.29, 0.717) is 11.8 Å². The van der Waals surface area contributed by atoms with E-state index in [9.17, 15) is 4.79 Å². The van der Waals surface area contributed by atoms with E-state index in [4.69, 9.17) is 14.6 Å². The van der Waals surface area contributed by atoms with Gasteiger partial charge in [0.05, 0.1) is 7.11 Å². The lowest BCUT2D eigenvalue weighted by Crippen LogP contribution is -2.32. The number of unbranched alkanes of at least 4 members (excludes halogenated alkanes) is 1. The normalized spacial score (nSPS) is 16.2. The van der Waals surface area contributed by atoms with E-state index in [0.717, 1.165) is 55.3 Å². The SMILES string of the molecule is COc1cccc(C2=CCNC(CCCCc3c[nH]c4ccc(OC(=O)O)cc34)C2)c1. The van der Waals surface area contributed by atoms with Crippen LogP contribution in [0.3, 0.4) is 0 Å². The second-order valence-corrected chi connectivity index (χ2v) is 7.91. The standard InChI is InChI=1S/C25H28N2O4/c1-30-21-8-4-6-17(14-21)18-11-12-26-20(13-18)7-3-2-5-19-16-27-24-10-9-22(15-23(19)24)31-25(28)29/h4,6,8-11,14-16,20,26-27H,2-3,5,7,12-13H2,1H3,(H,28,29). The average Bonchev–Trinajstić information content (AvgIpc) is 3.19. The predicted molar refractivity (Wildman–Crippen MR) is 122 cm³/mol. The summed E-state index contributed by atoms with van der Waals surface area (Å²) in [6.07, 6.45) is 8.29. The number of fused-ring (bicyclic) bond motifs is 1. The molecule has 0 saturated carbocycles. The number of H-pyrrole nitrogens is 1. The van der Waals surface area contributed by atoms with Gasteiger partial charge in [-0.25, -0.2) is 4.79 Å². The quantitative estimate of drug-likeness (QED) is 0.258. The molecule has 1 aromatic heterocycles. The molecule has 1 atom stereocenters. The number of ether oxygens (including phenoxy) is 2. The van der Waals surface area contributed by atoms with Gasteiger partial charge in [-0.2, -0.15) is 0 Å². The Balaban J connectivity index is 1.30. The predicted octanol–water partition coefficient (Wildman–Crippen LogP) is 5.39. The molecular formula is C25H28N2O4. The molecule has 1 aliphatic rings. The molecule has 0 radical (unpaired) electrons. The van der Waals surface area contributed by atoms with E-state index < -0.39 is 6.16 Å². The van der Waals surface area contributed by atoms with Crippen molar-refractivity contribution in [2.24, 2.45) is 0 Å². The lowest BCUT2D eigenvalue weighted by molar-refractivity contribution is 0.144. The van der Waals surface area contributed by atoms with Crippen LogP contribution in [0, 0.1) is 0 Å². The van der Waals surface area contributed by atoms with Gasteiger partial charge in [-0.3, -0.25) is 0 Å². The molecule has 2 aromatic carbocycles. The zero-order valence-corrected chi connectivity index (χ0v) is 17.7. The molecule has 6 heteroatoms. The van der Waals surface area contributed by atoms with Crippen molar-refractivity contribution in [3.8, 4) is 11.5 Å². The number of hydrogen-bond acceptors (Lipinski definition) is 4. The summed E-state index contributed by atoms with van der Waals surface area (Å²) >= 11 is 0. The minimum atomic E-state index is -1.29. The average molecular weight is 421 g/mol. The Morgan fingerprint density at radius 2 is 2.06 bits per heavy atom. The number of rotatable bonds is 8. The summed E-state index contributed by atoms with van der Waals surface area (Å²) in [6.45, 7) is 0.895. The number of nitrogens with one attached hydrogen (secondary N) is 2. The first-order valence-corrected chi connectivity index (χ1v) is 10.7. The van der Waals surface area contributed by atoms with Crippen molar-refractivity contribution in [1.82, 2.24) is 10.3 Å². The molecule has 0 amide bonds. The van der Waals surface area contributed by atoms with Gasteiger partial charge in [0.25, 0.3) is 0 Å². The molecule has 6 nitrogen and oxygen atoms in total. The second kappa shape index (κ2) is 9.71. The smallest absolute Gasteiger partial charge is 0.497 e. The van der Waals surface area contributed by atoms with E-state index >= 15 is 0 Å². The van der Waals surface area contributed by atoms with Gasteiger partial charge in [0, 0.05) is 29.7 Å². The first-order valence-electron chi connectivity index (χ1n) is 10.7. The van der Waals surface area contributed by atoms with Crippen LogP contribution >= 0.6 is 0 Å². The minimum Gasteiger partial charge on any atom is -0.497 e. The number of hydrogen-bond donors (Lipinski definition) is 3. The zero-order valence-electron chi connectivity index (χ0n) is 17.7. The van der Waals surface area contributed by atoms with Crippen LogP contribution in [-0.4, -0.2) is 35.9 Å². The van der Waals surface area contributed by atoms with Crippen LogP contribution in [0.15, 0.2) is 54.7 Å². The molecule has 0 spiro atoms. The minimum absolute atomic E-state index is 0.351. The van der Waals surface area contributed by atoms with Gasteiger partial charge in [-0.15, -0.1) is 0 Å². The molecular weight excluding hydrogens is 392 g/mol. The van der Waals surface area contributed by atoms with Gasteiger partial charge in [-0.1, -0.05) is 24.6 Å². The maximum atomic E-state index is 10.8. The third-order valence-electron chi connectivity index (χ3n) is 5.85. The molecule has 1 unspecified atom stereocenters. The molecule has 0 fully saturated rings. The molecule has 31 heavy (non-hydrogen) atoms. The Hall–Kier alpha value is -3.25. The third-order valence-corrected chi connectivity index (χ3v) is 5.85. The Kier molecular flexibility index (Phi) is 6.57. The first-order chi connectivity index (χ1) is 15.1. The van der Waals surface area contributed by atoms with Crippen molar-refractivity contribution in [3.63, 3.8) is 0 Å². The maximum absolute atomic E-state index is 10.8. The fourth-order valence-corrected chi connectivity index (χ4v) is 4.27. The Morgan fingerprint density at radius 1 is 1.16 bits per heavy atom. The fourth-order valence-electron chi connectivity index (χ4n) is 4.27. The van der Waals surface area contributed by atoms with Crippen LogP contribution in [0.1, 0.15) is 36.8 Å². The Morgan fingerprint density at radius 3 is 2.90 bits per heavy atom. The van der Waals surface area contributed by atoms with Gasteiger partial charge in [0.15, 0.2) is 0 Å². The van der Waals surface area contributed by atoms with Crippen molar-refractivity contribution in [2.75, 3.05) is 13.7 Å². The molecule has 1 aliphatic heterocycles. The molecule has 162 valence electrons. The van der Waals surface area contributed by atoms with Gasteiger partial charge in [-0.05, 0) is 72.7 Å². The van der Waals surface area contributed by atoms with E-state index in [-0.39, 0.29) is 0 Å². The van der Waals surface area contributed by atoms with Crippen LogP contribution in [0.2, 0.25) is 0 Å². The van der Waals surface area contributed by atoms with Gasteiger partial charge in [0.2, 0.25) is 0 Å². The van der Waals surface area contributed by atoms with Crippen LogP contribution in [0.5, 0.6) is 11.5 Å². The van der Waals surface area contributed by atoms with Crippen molar-refractivity contribution < 1.29 is 19.4 Å². The number of aryl methyl sites for hydroxylation is 1. The summed E-state index contributed by atoms with van der Waals surface area (Å²) in [4.78, 5) is 14.0. The monoisotopic (exact) mass is 420 g/mol. The van der Waals surface area contributed by atoms with Crippen LogP contribution in [0.4, 0.5) is 4.79 Å². The van der Waals surface area contributed by atoms with Crippen molar-refractivity contribution >= 4 is 22.6 Å². The highest BCUT2D eigenvalue weighted by Gasteiger charge is 2.16. The highest BCUT2D eigenvalue weighted by Crippen LogP contribution is 2.28. The largest absolute Gasteiger partial charge is 0.511 e. The van der Waals surface area contributed by atoms with Crippen LogP contribution < -0.4 is 14.8 Å². The van der Waals surface area contributed by atoms with Crippen molar-refractivity contribution in [3.05, 3.63) is 65.9 Å². The first kappa shape index (κ1) is 21.0. The second-order valence-electron chi connectivity index (χ2n) is 7.91. The highest BCUT2D eigenvalue weighted by atomic mass is 16.7. The number of methoxy groups -OCH3 is 1. The zero-order chi connectivity index (χ0) is 21.6. The van der Waals surface area contributed by atoms with E-state index in [1.54, 1.807) is 19.2 Å². The fraction of sp³-hybridized carbons (Fsp3) is 0.320. The van der Waals surface area contributed by atoms with Gasteiger partial charge in [0.1, 0.15) is 11.5 Å². The van der Waals surface area contributed by atoms with E-state index in [2.05, 4.69) is 28.5 Å². The number of aromatic nitrogens is 1.